The van der Waals surface area contributed by atoms with Crippen molar-refractivity contribution >= 4 is 17.6 Å². The Bertz CT molecular complexity index is 876. The molecule has 0 amide bonds. The van der Waals surface area contributed by atoms with Crippen LogP contribution < -0.4 is 9.47 Å². The number of halogens is 1. The van der Waals surface area contributed by atoms with Crippen molar-refractivity contribution in [3.8, 4) is 11.5 Å². The molecule has 1 unspecified atom stereocenters. The van der Waals surface area contributed by atoms with Crippen LogP contribution in [-0.2, 0) is 14.9 Å². The van der Waals surface area contributed by atoms with E-state index in [1.807, 2.05) is 13.0 Å². The fourth-order valence-corrected chi connectivity index (χ4v) is 3.57. The standard InChI is InChI=1S/C26H35ClO4/c1-7-8-13-29-24-11-9-21(14-18(24)2)26(5,6)22-10-12-25(19(3)15-22)30-17-23(16-27)31-20(4)28/h9-12,14-15,23H,7-8,13,16-17H2,1-6H3. The molecule has 2 rings (SSSR count). The largest absolute Gasteiger partial charge is 0.493 e. The maximum absolute atomic E-state index is 11.1. The maximum atomic E-state index is 11.1. The van der Waals surface area contributed by atoms with E-state index >= 15 is 0 Å². The number of aryl methyl sites for hydroxylation is 2. The van der Waals surface area contributed by atoms with Crippen molar-refractivity contribution < 1.29 is 19.0 Å². The minimum Gasteiger partial charge on any atom is -0.493 e. The molecule has 0 saturated heterocycles. The Morgan fingerprint density at radius 3 is 2.00 bits per heavy atom. The number of carbonyl (C=O) groups is 1. The van der Waals surface area contributed by atoms with E-state index in [1.54, 1.807) is 0 Å². The third-order valence-electron chi connectivity index (χ3n) is 5.48. The fourth-order valence-electron chi connectivity index (χ4n) is 3.42. The van der Waals surface area contributed by atoms with Gasteiger partial charge in [0.25, 0.3) is 0 Å². The molecule has 0 aliphatic heterocycles. The second-order valence-electron chi connectivity index (χ2n) is 8.48. The lowest BCUT2D eigenvalue weighted by Gasteiger charge is -2.28. The zero-order valence-corrected chi connectivity index (χ0v) is 20.3. The van der Waals surface area contributed by atoms with Crippen molar-refractivity contribution in [2.45, 2.75) is 65.9 Å². The molecule has 0 spiro atoms. The molecule has 0 bridgehead atoms. The first-order valence-corrected chi connectivity index (χ1v) is 11.4. The van der Waals surface area contributed by atoms with Crippen molar-refractivity contribution in [1.29, 1.82) is 0 Å². The van der Waals surface area contributed by atoms with Gasteiger partial charge in [0.05, 0.1) is 12.5 Å². The third-order valence-corrected chi connectivity index (χ3v) is 5.82. The summed E-state index contributed by atoms with van der Waals surface area (Å²) in [6, 6.07) is 12.7. The van der Waals surface area contributed by atoms with E-state index in [0.717, 1.165) is 42.1 Å². The quantitative estimate of drug-likeness (QED) is 0.229. The van der Waals surface area contributed by atoms with E-state index < -0.39 is 6.10 Å². The first-order chi connectivity index (χ1) is 14.7. The second-order valence-corrected chi connectivity index (χ2v) is 8.79. The Kier molecular flexibility index (Phi) is 9.24. The van der Waals surface area contributed by atoms with Crippen LogP contribution in [0.3, 0.4) is 0 Å². The van der Waals surface area contributed by atoms with Gasteiger partial charge in [-0.05, 0) is 54.7 Å². The molecule has 0 aliphatic carbocycles. The Morgan fingerprint density at radius 1 is 1.00 bits per heavy atom. The van der Waals surface area contributed by atoms with Gasteiger partial charge >= 0.3 is 5.97 Å². The lowest BCUT2D eigenvalue weighted by Crippen LogP contribution is -2.26. The molecule has 0 fully saturated rings. The van der Waals surface area contributed by atoms with Crippen molar-refractivity contribution in [1.82, 2.24) is 0 Å². The highest BCUT2D eigenvalue weighted by Gasteiger charge is 2.25. The number of hydrogen-bond donors (Lipinski definition) is 0. The maximum Gasteiger partial charge on any atom is 0.303 e. The van der Waals surface area contributed by atoms with Gasteiger partial charge in [0.2, 0.25) is 0 Å². The minimum absolute atomic E-state index is 0.174. The number of esters is 1. The number of ether oxygens (including phenoxy) is 3. The summed E-state index contributed by atoms with van der Waals surface area (Å²) in [5.41, 5.74) is 4.43. The average Bonchev–Trinajstić information content (AvgIpc) is 2.72. The normalized spacial score (nSPS) is 12.4. The summed E-state index contributed by atoms with van der Waals surface area (Å²) < 4.78 is 16.9. The van der Waals surface area contributed by atoms with Crippen LogP contribution in [0.15, 0.2) is 36.4 Å². The van der Waals surface area contributed by atoms with Crippen molar-refractivity contribution in [2.75, 3.05) is 19.1 Å². The highest BCUT2D eigenvalue weighted by atomic mass is 35.5. The highest BCUT2D eigenvalue weighted by molar-refractivity contribution is 6.18. The molecule has 1 atom stereocenters. The SMILES string of the molecule is CCCCOc1ccc(C(C)(C)c2ccc(OCC(CCl)OC(C)=O)c(C)c2)cc1C. The minimum atomic E-state index is -0.462. The molecule has 0 aromatic heterocycles. The molecular formula is C26H35ClO4. The number of rotatable bonds is 11. The van der Waals surface area contributed by atoms with E-state index in [1.165, 1.54) is 18.1 Å². The van der Waals surface area contributed by atoms with E-state index in [0.29, 0.717) is 0 Å². The van der Waals surface area contributed by atoms with Crippen LogP contribution in [0.4, 0.5) is 0 Å². The summed E-state index contributed by atoms with van der Waals surface area (Å²) in [5, 5.41) is 0. The van der Waals surface area contributed by atoms with E-state index in [4.69, 9.17) is 25.8 Å². The summed E-state index contributed by atoms with van der Waals surface area (Å²) in [5.74, 6) is 1.55. The van der Waals surface area contributed by atoms with Crippen molar-refractivity contribution in [3.05, 3.63) is 58.7 Å². The van der Waals surface area contributed by atoms with Gasteiger partial charge < -0.3 is 14.2 Å². The molecule has 4 nitrogen and oxygen atoms in total. The predicted molar refractivity (Wildman–Crippen MR) is 127 cm³/mol. The lowest BCUT2D eigenvalue weighted by molar-refractivity contribution is -0.146. The Balaban J connectivity index is 2.15. The molecule has 31 heavy (non-hydrogen) atoms. The number of hydrogen-bond acceptors (Lipinski definition) is 4. The molecule has 0 N–H and O–H groups in total. The fraction of sp³-hybridized carbons (Fsp3) is 0.500. The van der Waals surface area contributed by atoms with Gasteiger partial charge in [-0.2, -0.15) is 0 Å². The van der Waals surface area contributed by atoms with Crippen LogP contribution >= 0.6 is 11.6 Å². The van der Waals surface area contributed by atoms with E-state index in [2.05, 4.69) is 58.0 Å². The molecule has 0 heterocycles. The molecular weight excluding hydrogens is 412 g/mol. The average molecular weight is 447 g/mol. The monoisotopic (exact) mass is 446 g/mol. The molecule has 0 saturated carbocycles. The van der Waals surface area contributed by atoms with Crippen LogP contribution in [0.1, 0.15) is 62.8 Å². The summed E-state index contributed by atoms with van der Waals surface area (Å²) in [4.78, 5) is 11.1. The number of benzene rings is 2. The number of alkyl halides is 1. The second kappa shape index (κ2) is 11.4. The Labute approximate surface area is 191 Å². The summed E-state index contributed by atoms with van der Waals surface area (Å²) in [6.07, 6.45) is 1.72. The molecule has 170 valence electrons. The third kappa shape index (κ3) is 6.90. The Hall–Kier alpha value is -2.20. The van der Waals surface area contributed by atoms with Gasteiger partial charge in [-0.15, -0.1) is 11.6 Å². The molecule has 0 radical (unpaired) electrons. The number of carbonyl (C=O) groups excluding carboxylic acids is 1. The highest BCUT2D eigenvalue weighted by Crippen LogP contribution is 2.36. The first-order valence-electron chi connectivity index (χ1n) is 10.9. The first kappa shape index (κ1) is 25.1. The predicted octanol–water partition coefficient (Wildman–Crippen LogP) is 6.36. The van der Waals surface area contributed by atoms with Crippen molar-refractivity contribution in [2.24, 2.45) is 0 Å². The lowest BCUT2D eigenvalue weighted by atomic mass is 9.77. The van der Waals surface area contributed by atoms with Gasteiger partial charge in [0.15, 0.2) is 0 Å². The zero-order valence-electron chi connectivity index (χ0n) is 19.6. The molecule has 5 heteroatoms. The number of unbranched alkanes of at least 4 members (excludes halogenated alkanes) is 1. The molecule has 2 aromatic rings. The topological polar surface area (TPSA) is 44.8 Å². The summed E-state index contributed by atoms with van der Waals surface area (Å²) in [6.45, 7) is 13.1. The Morgan fingerprint density at radius 2 is 1.55 bits per heavy atom. The van der Waals surface area contributed by atoms with Gasteiger partial charge in [0, 0.05) is 12.3 Å². The van der Waals surface area contributed by atoms with Crippen LogP contribution in [-0.4, -0.2) is 31.2 Å². The van der Waals surface area contributed by atoms with Crippen LogP contribution in [0, 0.1) is 13.8 Å². The summed E-state index contributed by atoms with van der Waals surface area (Å²) >= 11 is 5.86. The van der Waals surface area contributed by atoms with Gasteiger partial charge in [-0.25, -0.2) is 0 Å². The molecule has 2 aromatic carbocycles. The van der Waals surface area contributed by atoms with E-state index in [-0.39, 0.29) is 23.9 Å². The smallest absolute Gasteiger partial charge is 0.303 e. The van der Waals surface area contributed by atoms with Gasteiger partial charge in [-0.3, -0.25) is 4.79 Å². The van der Waals surface area contributed by atoms with Crippen LogP contribution in [0.5, 0.6) is 11.5 Å². The van der Waals surface area contributed by atoms with E-state index in [9.17, 15) is 4.79 Å². The van der Waals surface area contributed by atoms with Crippen LogP contribution in [0.2, 0.25) is 0 Å². The van der Waals surface area contributed by atoms with Gasteiger partial charge in [-0.1, -0.05) is 51.5 Å². The van der Waals surface area contributed by atoms with Crippen LogP contribution in [0.25, 0.3) is 0 Å². The zero-order chi connectivity index (χ0) is 23.0. The summed E-state index contributed by atoms with van der Waals surface area (Å²) in [7, 11) is 0. The van der Waals surface area contributed by atoms with Gasteiger partial charge in [0.1, 0.15) is 24.2 Å². The van der Waals surface area contributed by atoms with Crippen molar-refractivity contribution in [3.63, 3.8) is 0 Å². The molecule has 0 aliphatic rings.